The molecule has 1 unspecified atom stereocenters. The maximum atomic E-state index is 11.4. The molecule has 5 rings (SSSR count). The molecule has 8 heteroatoms. The number of hydrogen-bond acceptors (Lipinski definition) is 7. The molecule has 1 atom stereocenters. The van der Waals surface area contributed by atoms with Gasteiger partial charge in [-0.1, -0.05) is 6.07 Å². The second kappa shape index (κ2) is 9.08. The normalized spacial score (nSPS) is 19.9. The Bertz CT molecular complexity index is 1080. The summed E-state index contributed by atoms with van der Waals surface area (Å²) in [5.74, 6) is 1.66. The van der Waals surface area contributed by atoms with Gasteiger partial charge in [0.25, 0.3) is 5.69 Å². The second-order valence-electron chi connectivity index (χ2n) is 8.71. The standard InChI is InChI=1S/C24H28N6O2/c31-30(32)23-7-6-22(20-8-10-25-16-21(20)23)29-11-3-4-19(18-29)17-27-12-14-28(15-13-27)24-5-1-2-9-26-24/h1-2,5-10,16,19H,3-4,11-15,17-18H2. The molecule has 0 saturated carbocycles. The minimum absolute atomic E-state index is 0.121. The summed E-state index contributed by atoms with van der Waals surface area (Å²) in [5.41, 5.74) is 1.20. The Morgan fingerprint density at radius 1 is 0.969 bits per heavy atom. The molecule has 2 aliphatic rings. The predicted molar refractivity (Wildman–Crippen MR) is 126 cm³/mol. The maximum Gasteiger partial charge on any atom is 0.278 e. The van der Waals surface area contributed by atoms with Gasteiger partial charge < -0.3 is 9.80 Å². The van der Waals surface area contributed by atoms with Gasteiger partial charge in [-0.05, 0) is 43.0 Å². The molecule has 0 amide bonds. The van der Waals surface area contributed by atoms with Gasteiger partial charge >= 0.3 is 0 Å². The molecule has 166 valence electrons. The van der Waals surface area contributed by atoms with E-state index in [0.717, 1.165) is 69.1 Å². The van der Waals surface area contributed by atoms with Gasteiger partial charge in [0.2, 0.25) is 0 Å². The Morgan fingerprint density at radius 3 is 2.62 bits per heavy atom. The number of non-ortho nitro benzene ring substituents is 1. The fourth-order valence-corrected chi connectivity index (χ4v) is 5.09. The van der Waals surface area contributed by atoms with Crippen LogP contribution < -0.4 is 9.80 Å². The van der Waals surface area contributed by atoms with Crippen LogP contribution >= 0.6 is 0 Å². The first-order chi connectivity index (χ1) is 15.7. The highest BCUT2D eigenvalue weighted by Gasteiger charge is 2.26. The lowest BCUT2D eigenvalue weighted by Gasteiger charge is -2.40. The maximum absolute atomic E-state index is 11.4. The molecule has 3 aromatic rings. The number of nitrogens with zero attached hydrogens (tertiary/aromatic N) is 6. The molecule has 32 heavy (non-hydrogen) atoms. The third-order valence-electron chi connectivity index (χ3n) is 6.69. The molecule has 2 aliphatic heterocycles. The van der Waals surface area contributed by atoms with E-state index in [1.807, 2.05) is 30.5 Å². The fraction of sp³-hybridized carbons (Fsp3) is 0.417. The molecular formula is C24H28N6O2. The number of anilines is 2. The number of fused-ring (bicyclic) bond motifs is 1. The number of nitro benzene ring substituents is 1. The molecular weight excluding hydrogens is 404 g/mol. The lowest BCUT2D eigenvalue weighted by atomic mass is 9.95. The van der Waals surface area contributed by atoms with Crippen LogP contribution in [-0.2, 0) is 0 Å². The monoisotopic (exact) mass is 432 g/mol. The zero-order chi connectivity index (χ0) is 21.9. The van der Waals surface area contributed by atoms with Crippen LogP contribution in [0.5, 0.6) is 0 Å². The summed E-state index contributed by atoms with van der Waals surface area (Å²) in [7, 11) is 0. The van der Waals surface area contributed by atoms with E-state index >= 15 is 0 Å². The number of nitro groups is 1. The number of rotatable bonds is 5. The number of benzene rings is 1. The largest absolute Gasteiger partial charge is 0.371 e. The first-order valence-corrected chi connectivity index (χ1v) is 11.3. The van der Waals surface area contributed by atoms with Gasteiger partial charge in [-0.3, -0.25) is 20.0 Å². The van der Waals surface area contributed by atoms with Crippen molar-refractivity contribution >= 4 is 28.0 Å². The van der Waals surface area contributed by atoms with Gasteiger partial charge in [0.1, 0.15) is 5.82 Å². The van der Waals surface area contributed by atoms with Crippen LogP contribution in [0.2, 0.25) is 0 Å². The van der Waals surface area contributed by atoms with Crippen molar-refractivity contribution in [1.82, 2.24) is 14.9 Å². The molecule has 0 spiro atoms. The van der Waals surface area contributed by atoms with E-state index in [1.165, 1.54) is 6.42 Å². The molecule has 2 saturated heterocycles. The Labute approximate surface area is 187 Å². The second-order valence-corrected chi connectivity index (χ2v) is 8.71. The molecule has 8 nitrogen and oxygen atoms in total. The number of pyridine rings is 2. The van der Waals surface area contributed by atoms with Gasteiger partial charge in [-0.2, -0.15) is 0 Å². The van der Waals surface area contributed by atoms with Crippen LogP contribution in [0.25, 0.3) is 10.8 Å². The van der Waals surface area contributed by atoms with Crippen LogP contribution in [0.4, 0.5) is 17.2 Å². The lowest BCUT2D eigenvalue weighted by Crippen LogP contribution is -2.50. The van der Waals surface area contributed by atoms with Crippen LogP contribution in [0.15, 0.2) is 55.0 Å². The van der Waals surface area contributed by atoms with Crippen LogP contribution in [0.1, 0.15) is 12.8 Å². The van der Waals surface area contributed by atoms with Crippen molar-refractivity contribution in [1.29, 1.82) is 0 Å². The van der Waals surface area contributed by atoms with Gasteiger partial charge in [0.05, 0.1) is 10.3 Å². The molecule has 0 radical (unpaired) electrons. The molecule has 2 fully saturated rings. The average Bonchev–Trinajstić information content (AvgIpc) is 2.84. The highest BCUT2D eigenvalue weighted by molar-refractivity contribution is 5.99. The molecule has 4 heterocycles. The SMILES string of the molecule is O=[N+]([O-])c1ccc(N2CCCC(CN3CCN(c4ccccn4)CC3)C2)c2ccncc12. The van der Waals surface area contributed by atoms with Crippen LogP contribution in [0, 0.1) is 16.0 Å². The number of hydrogen-bond donors (Lipinski definition) is 0. The predicted octanol–water partition coefficient (Wildman–Crippen LogP) is 3.58. The van der Waals surface area contributed by atoms with Crippen molar-refractivity contribution < 1.29 is 4.92 Å². The van der Waals surface area contributed by atoms with Gasteiger partial charge in [0, 0.05) is 81.5 Å². The van der Waals surface area contributed by atoms with E-state index in [2.05, 4.69) is 30.7 Å². The summed E-state index contributed by atoms with van der Waals surface area (Å²) in [4.78, 5) is 27.1. The van der Waals surface area contributed by atoms with Crippen LogP contribution in [0.3, 0.4) is 0 Å². The summed E-state index contributed by atoms with van der Waals surface area (Å²) >= 11 is 0. The molecule has 0 N–H and O–H groups in total. The number of piperazine rings is 1. The first-order valence-electron chi connectivity index (χ1n) is 11.3. The van der Waals surface area contributed by atoms with Crippen molar-refractivity contribution in [3.05, 3.63) is 65.1 Å². The Balaban J connectivity index is 1.25. The number of aromatic nitrogens is 2. The smallest absolute Gasteiger partial charge is 0.278 e. The van der Waals surface area contributed by atoms with E-state index in [4.69, 9.17) is 0 Å². The average molecular weight is 433 g/mol. The Morgan fingerprint density at radius 2 is 1.84 bits per heavy atom. The topological polar surface area (TPSA) is 78.6 Å². The van der Waals surface area contributed by atoms with Crippen molar-refractivity contribution in [3.8, 4) is 0 Å². The third kappa shape index (κ3) is 4.23. The number of piperidine rings is 1. The summed E-state index contributed by atoms with van der Waals surface area (Å²) < 4.78 is 0. The highest BCUT2D eigenvalue weighted by atomic mass is 16.6. The zero-order valence-electron chi connectivity index (χ0n) is 18.1. The van der Waals surface area contributed by atoms with Crippen molar-refractivity contribution in [3.63, 3.8) is 0 Å². The molecule has 0 aliphatic carbocycles. The minimum atomic E-state index is -0.322. The first kappa shape index (κ1) is 20.6. The summed E-state index contributed by atoms with van der Waals surface area (Å²) in [6, 6.07) is 11.5. The van der Waals surface area contributed by atoms with E-state index in [0.29, 0.717) is 11.3 Å². The van der Waals surface area contributed by atoms with Crippen molar-refractivity contribution in [2.45, 2.75) is 12.8 Å². The van der Waals surface area contributed by atoms with E-state index in [9.17, 15) is 10.1 Å². The summed E-state index contributed by atoms with van der Waals surface area (Å²) in [6.45, 7) is 7.19. The highest BCUT2D eigenvalue weighted by Crippen LogP contribution is 2.35. The summed E-state index contributed by atoms with van der Waals surface area (Å²) in [5, 5.41) is 13.0. The minimum Gasteiger partial charge on any atom is -0.371 e. The van der Waals surface area contributed by atoms with Gasteiger partial charge in [0.15, 0.2) is 0 Å². The van der Waals surface area contributed by atoms with Gasteiger partial charge in [-0.25, -0.2) is 4.98 Å². The Hall–Kier alpha value is -3.26. The zero-order valence-corrected chi connectivity index (χ0v) is 18.1. The van der Waals surface area contributed by atoms with Gasteiger partial charge in [-0.15, -0.1) is 0 Å². The van der Waals surface area contributed by atoms with E-state index in [-0.39, 0.29) is 10.6 Å². The van der Waals surface area contributed by atoms with Crippen molar-refractivity contribution in [2.75, 3.05) is 55.6 Å². The summed E-state index contributed by atoms with van der Waals surface area (Å²) in [6.07, 6.45) is 7.55. The third-order valence-corrected chi connectivity index (χ3v) is 6.69. The molecule has 0 bridgehead atoms. The Kier molecular flexibility index (Phi) is 5.85. The van der Waals surface area contributed by atoms with Crippen LogP contribution in [-0.4, -0.2) is 65.6 Å². The van der Waals surface area contributed by atoms with E-state index < -0.39 is 0 Å². The molecule has 1 aromatic carbocycles. The van der Waals surface area contributed by atoms with E-state index in [1.54, 1.807) is 18.5 Å². The molecule has 2 aromatic heterocycles. The van der Waals surface area contributed by atoms with Crippen molar-refractivity contribution in [2.24, 2.45) is 5.92 Å². The fourth-order valence-electron chi connectivity index (χ4n) is 5.09. The quantitative estimate of drug-likeness (QED) is 0.450. The lowest BCUT2D eigenvalue weighted by molar-refractivity contribution is -0.383.